The lowest BCUT2D eigenvalue weighted by Crippen LogP contribution is -2.43. The van der Waals surface area contributed by atoms with Gasteiger partial charge in [0.1, 0.15) is 24.2 Å². The molecular formula is C38H43N3O8. The lowest BCUT2D eigenvalue weighted by molar-refractivity contribution is -0.182. The van der Waals surface area contributed by atoms with E-state index in [1.54, 1.807) is 54.6 Å². The fourth-order valence-electron chi connectivity index (χ4n) is 5.16. The van der Waals surface area contributed by atoms with E-state index >= 15 is 0 Å². The van der Waals surface area contributed by atoms with Crippen molar-refractivity contribution in [3.05, 3.63) is 113 Å². The molecule has 0 saturated carbocycles. The molecule has 0 spiro atoms. The van der Waals surface area contributed by atoms with Gasteiger partial charge in [0.2, 0.25) is 12.3 Å². The molecule has 0 aliphatic heterocycles. The van der Waals surface area contributed by atoms with Crippen LogP contribution in [0.5, 0.6) is 5.75 Å². The van der Waals surface area contributed by atoms with Crippen molar-refractivity contribution in [1.29, 1.82) is 0 Å². The van der Waals surface area contributed by atoms with Crippen LogP contribution in [0.15, 0.2) is 95.4 Å². The molecule has 0 aliphatic rings. The van der Waals surface area contributed by atoms with Crippen LogP contribution in [0, 0.1) is 5.92 Å². The normalized spacial score (nSPS) is 12.1. The van der Waals surface area contributed by atoms with Crippen molar-refractivity contribution >= 4 is 24.0 Å². The van der Waals surface area contributed by atoms with Crippen molar-refractivity contribution in [1.82, 2.24) is 15.7 Å². The predicted octanol–water partition coefficient (Wildman–Crippen LogP) is 5.85. The number of furan rings is 1. The van der Waals surface area contributed by atoms with E-state index in [4.69, 9.17) is 14.0 Å². The minimum Gasteiger partial charge on any atom is -0.494 e. The number of Topliss-reactive ketones (excluding diaryl/α,β-unsaturated/α-hetero) is 1. The number of ketones is 1. The molecule has 3 N–H and O–H groups in total. The van der Waals surface area contributed by atoms with E-state index in [1.165, 1.54) is 6.07 Å². The fourth-order valence-corrected chi connectivity index (χ4v) is 5.16. The van der Waals surface area contributed by atoms with Crippen molar-refractivity contribution in [2.24, 2.45) is 5.92 Å². The second kappa shape index (κ2) is 18.9. The summed E-state index contributed by atoms with van der Waals surface area (Å²) in [5.41, 5.74) is 2.07. The second-order valence-corrected chi connectivity index (χ2v) is 11.4. The monoisotopic (exact) mass is 669 g/mol. The first-order valence-electron chi connectivity index (χ1n) is 16.4. The Kier molecular flexibility index (Phi) is 14.1. The van der Waals surface area contributed by atoms with E-state index in [1.807, 2.05) is 37.3 Å². The Labute approximate surface area is 286 Å². The first-order chi connectivity index (χ1) is 23.8. The molecule has 2 atom stereocenters. The van der Waals surface area contributed by atoms with Gasteiger partial charge in [-0.25, -0.2) is 5.06 Å². The Bertz CT molecular complexity index is 1660. The first-order valence-corrected chi connectivity index (χ1v) is 16.4. The number of amides is 3. The fraction of sp³-hybridized carbons (Fsp3) is 0.316. The smallest absolute Gasteiger partial charge is 0.288 e. The second-order valence-electron chi connectivity index (χ2n) is 11.4. The summed E-state index contributed by atoms with van der Waals surface area (Å²) >= 11 is 0. The highest BCUT2D eigenvalue weighted by atomic mass is 16.7. The highest BCUT2D eigenvalue weighted by molar-refractivity contribution is 6.00. The maximum absolute atomic E-state index is 13.1. The van der Waals surface area contributed by atoms with Gasteiger partial charge in [-0.05, 0) is 54.8 Å². The average Bonchev–Trinajstić information content (AvgIpc) is 3.64. The molecule has 11 heteroatoms. The number of nitrogens with zero attached hydrogens (tertiary/aromatic N) is 1. The molecule has 1 heterocycles. The van der Waals surface area contributed by atoms with Crippen molar-refractivity contribution in [3.63, 3.8) is 0 Å². The molecule has 258 valence electrons. The molecule has 0 radical (unpaired) electrons. The van der Waals surface area contributed by atoms with Gasteiger partial charge in [-0.2, -0.15) is 0 Å². The summed E-state index contributed by atoms with van der Waals surface area (Å²) in [6.45, 7) is 4.33. The van der Waals surface area contributed by atoms with Gasteiger partial charge in [0.05, 0.1) is 25.7 Å². The van der Waals surface area contributed by atoms with Gasteiger partial charge in [-0.3, -0.25) is 24.0 Å². The van der Waals surface area contributed by atoms with Crippen LogP contribution in [0.4, 0.5) is 0 Å². The first kappa shape index (κ1) is 36.6. The number of carbonyl (C=O) groups excluding carboxylic acids is 4. The molecule has 4 rings (SSSR count). The van der Waals surface area contributed by atoms with E-state index in [-0.39, 0.29) is 31.5 Å². The predicted molar refractivity (Wildman–Crippen MR) is 183 cm³/mol. The Morgan fingerprint density at radius 2 is 1.65 bits per heavy atom. The molecule has 4 aromatic rings. The number of aliphatic hydroxyl groups excluding tert-OH is 1. The third kappa shape index (κ3) is 10.9. The number of ether oxygens (including phenoxy) is 1. The van der Waals surface area contributed by atoms with Crippen molar-refractivity contribution < 1.29 is 38.3 Å². The molecule has 1 aromatic heterocycles. The average molecular weight is 670 g/mol. The van der Waals surface area contributed by atoms with Gasteiger partial charge in [0.15, 0.2) is 11.5 Å². The number of unbranched alkanes of at least 4 members (excludes halogenated alkanes) is 2. The minimum atomic E-state index is -1.44. The molecule has 49 heavy (non-hydrogen) atoms. The molecule has 3 aromatic carbocycles. The number of hydrogen-bond donors (Lipinski definition) is 3. The number of carbonyl (C=O) groups is 4. The zero-order chi connectivity index (χ0) is 35.0. The zero-order valence-corrected chi connectivity index (χ0v) is 27.8. The number of hydrogen-bond acceptors (Lipinski definition) is 8. The maximum Gasteiger partial charge on any atom is 0.288 e. The zero-order valence-electron chi connectivity index (χ0n) is 27.8. The van der Waals surface area contributed by atoms with E-state index < -0.39 is 23.7 Å². The van der Waals surface area contributed by atoms with Crippen molar-refractivity contribution in [2.45, 2.75) is 52.2 Å². The van der Waals surface area contributed by atoms with E-state index in [9.17, 15) is 24.3 Å². The Hall–Kier alpha value is -5.26. The van der Waals surface area contributed by atoms with Crippen LogP contribution in [-0.2, 0) is 21.0 Å². The SMILES string of the molecule is CCCCCC(CN(C=O)OCc1ccccc1)C(=O)NCNC(=O)c1ccc(-c2cc(OCC)cc([C@@H](O)C(=O)c3ccccc3)c2)o1. The Morgan fingerprint density at radius 1 is 0.918 bits per heavy atom. The number of benzene rings is 3. The molecule has 0 fully saturated rings. The summed E-state index contributed by atoms with van der Waals surface area (Å²) in [6.07, 6.45) is 2.37. The summed E-state index contributed by atoms with van der Waals surface area (Å²) < 4.78 is 11.5. The van der Waals surface area contributed by atoms with Crippen LogP contribution in [0.25, 0.3) is 11.3 Å². The van der Waals surface area contributed by atoms with Crippen LogP contribution in [0.2, 0.25) is 0 Å². The van der Waals surface area contributed by atoms with Gasteiger partial charge in [-0.15, -0.1) is 0 Å². The van der Waals surface area contributed by atoms with Crippen molar-refractivity contribution in [3.8, 4) is 17.1 Å². The summed E-state index contributed by atoms with van der Waals surface area (Å²) in [5, 5.41) is 17.4. The number of aliphatic hydroxyl groups is 1. The molecule has 0 saturated heterocycles. The summed E-state index contributed by atoms with van der Waals surface area (Å²) in [6, 6.07) is 25.9. The van der Waals surface area contributed by atoms with E-state index in [2.05, 4.69) is 17.6 Å². The van der Waals surface area contributed by atoms with Gasteiger partial charge < -0.3 is 24.9 Å². The van der Waals surface area contributed by atoms with Gasteiger partial charge in [-0.1, -0.05) is 86.8 Å². The van der Waals surface area contributed by atoms with Crippen LogP contribution >= 0.6 is 0 Å². The van der Waals surface area contributed by atoms with Crippen LogP contribution < -0.4 is 15.4 Å². The Balaban J connectivity index is 1.37. The molecule has 0 aliphatic carbocycles. The lowest BCUT2D eigenvalue weighted by Gasteiger charge is -2.23. The number of nitrogens with one attached hydrogen (secondary N) is 2. The topological polar surface area (TPSA) is 147 Å². The molecular weight excluding hydrogens is 626 g/mol. The third-order valence-electron chi connectivity index (χ3n) is 7.77. The maximum atomic E-state index is 13.1. The summed E-state index contributed by atoms with van der Waals surface area (Å²) in [7, 11) is 0. The highest BCUT2D eigenvalue weighted by Gasteiger charge is 2.24. The number of rotatable bonds is 20. The molecule has 0 bridgehead atoms. The number of hydroxylamine groups is 2. The van der Waals surface area contributed by atoms with Gasteiger partial charge in [0, 0.05) is 11.1 Å². The van der Waals surface area contributed by atoms with Crippen LogP contribution in [0.3, 0.4) is 0 Å². The third-order valence-corrected chi connectivity index (χ3v) is 7.77. The summed E-state index contributed by atoms with van der Waals surface area (Å²) in [5.74, 6) is -1.16. The van der Waals surface area contributed by atoms with Gasteiger partial charge >= 0.3 is 0 Å². The van der Waals surface area contributed by atoms with Crippen LogP contribution in [-0.4, -0.2) is 54.0 Å². The lowest BCUT2D eigenvalue weighted by atomic mass is 9.97. The summed E-state index contributed by atoms with van der Waals surface area (Å²) in [4.78, 5) is 56.4. The van der Waals surface area contributed by atoms with Crippen LogP contribution in [0.1, 0.15) is 77.7 Å². The standard InChI is InChI=1S/C38H43N3O8/c1-3-5-8-17-29(23-41(26-42)48-24-27-13-9-6-10-14-27)37(45)39-25-40-38(46)34-19-18-33(49-34)30-20-31(22-32(21-30)47-4-2)36(44)35(43)28-15-11-7-12-16-28/h6-7,9-16,18-22,26,29,36,44H,3-5,8,17,23-25H2,1-2H3,(H,39,45)(H,40,46)/t29?,36-/m1/s1. The molecule has 1 unspecified atom stereocenters. The Morgan fingerprint density at radius 3 is 2.35 bits per heavy atom. The van der Waals surface area contributed by atoms with E-state index in [0.29, 0.717) is 47.6 Å². The highest BCUT2D eigenvalue weighted by Crippen LogP contribution is 2.31. The van der Waals surface area contributed by atoms with Gasteiger partial charge in [0.25, 0.3) is 5.91 Å². The molecule has 3 amide bonds. The molecule has 11 nitrogen and oxygen atoms in total. The largest absolute Gasteiger partial charge is 0.494 e. The minimum absolute atomic E-state index is 0.00513. The van der Waals surface area contributed by atoms with Crippen molar-refractivity contribution in [2.75, 3.05) is 19.8 Å². The quantitative estimate of drug-likeness (QED) is 0.0349. The van der Waals surface area contributed by atoms with E-state index in [0.717, 1.165) is 29.9 Å².